The maximum absolute atomic E-state index is 12.2. The number of nitrogens with zero attached hydrogens (tertiary/aromatic N) is 1. The monoisotopic (exact) mass is 309 g/mol. The zero-order chi connectivity index (χ0) is 16.7. The molecule has 2 N–H and O–H groups in total. The molecular formula is C14H17N2O6. The van der Waals surface area contributed by atoms with Gasteiger partial charge in [-0.25, -0.2) is 0 Å². The Labute approximate surface area is 127 Å². The summed E-state index contributed by atoms with van der Waals surface area (Å²) in [4.78, 5) is 57.7. The van der Waals surface area contributed by atoms with Crippen LogP contribution in [0.4, 0.5) is 0 Å². The van der Waals surface area contributed by atoms with E-state index < -0.39 is 42.2 Å². The third kappa shape index (κ3) is 4.51. The molecule has 0 aromatic rings. The fraction of sp³-hybridized carbons (Fsp3) is 0.500. The van der Waals surface area contributed by atoms with E-state index in [4.69, 9.17) is 5.11 Å². The number of carbonyl (C=O) groups excluding carboxylic acids is 4. The Kier molecular flexibility index (Phi) is 6.43. The number of carbonyl (C=O) groups is 4. The minimum Gasteiger partial charge on any atom is -0.481 e. The van der Waals surface area contributed by atoms with Gasteiger partial charge in [-0.1, -0.05) is 19.8 Å². The Bertz CT molecular complexity index is 495. The van der Waals surface area contributed by atoms with Gasteiger partial charge in [0.25, 0.3) is 11.8 Å². The maximum Gasteiger partial charge on any atom is 0.305 e. The van der Waals surface area contributed by atoms with Crippen molar-refractivity contribution in [2.24, 2.45) is 0 Å². The molecule has 1 heterocycles. The van der Waals surface area contributed by atoms with E-state index in [-0.39, 0.29) is 6.42 Å². The molecule has 1 radical (unpaired) electrons. The molecule has 8 nitrogen and oxygen atoms in total. The second kappa shape index (κ2) is 8.06. The van der Waals surface area contributed by atoms with Gasteiger partial charge in [0.1, 0.15) is 12.1 Å². The number of nitrogens with one attached hydrogen (secondary N) is 1. The van der Waals surface area contributed by atoms with E-state index in [1.54, 1.807) is 0 Å². The van der Waals surface area contributed by atoms with Crippen molar-refractivity contribution in [3.63, 3.8) is 0 Å². The normalized spacial score (nSPS) is 16.5. The van der Waals surface area contributed by atoms with Crippen molar-refractivity contribution in [2.45, 2.75) is 44.7 Å². The number of carboxylic acid groups (broad SMARTS) is 1. The standard InChI is InChI=1S/C14H17N2O6/c1-2-3-4-10(16-11(18)5-6-12(16)19)14(22)15-9(8-17)7-13(20)21/h5-6,9-10H,2-4,7H2,1H3,(H,15,22)(H,20,21). The second-order valence-corrected chi connectivity index (χ2v) is 4.81. The van der Waals surface area contributed by atoms with Crippen molar-refractivity contribution in [1.29, 1.82) is 0 Å². The number of aliphatic carboxylic acids is 1. The van der Waals surface area contributed by atoms with Crippen molar-refractivity contribution in [2.75, 3.05) is 0 Å². The lowest BCUT2D eigenvalue weighted by molar-refractivity contribution is -0.146. The van der Waals surface area contributed by atoms with Crippen molar-refractivity contribution < 1.29 is 29.1 Å². The Morgan fingerprint density at radius 3 is 2.36 bits per heavy atom. The first-order valence-corrected chi connectivity index (χ1v) is 6.85. The molecule has 0 aliphatic carbocycles. The largest absolute Gasteiger partial charge is 0.481 e. The van der Waals surface area contributed by atoms with Gasteiger partial charge in [0.2, 0.25) is 12.2 Å². The van der Waals surface area contributed by atoms with Gasteiger partial charge in [-0.15, -0.1) is 0 Å². The molecule has 0 saturated carbocycles. The Morgan fingerprint density at radius 2 is 1.91 bits per heavy atom. The molecule has 0 aromatic carbocycles. The molecule has 0 spiro atoms. The van der Waals surface area contributed by atoms with Crippen molar-refractivity contribution in [3.05, 3.63) is 12.2 Å². The maximum atomic E-state index is 12.2. The highest BCUT2D eigenvalue weighted by Gasteiger charge is 2.36. The molecule has 1 rings (SSSR count). The van der Waals surface area contributed by atoms with Crippen molar-refractivity contribution in [3.8, 4) is 0 Å². The van der Waals surface area contributed by atoms with Gasteiger partial charge >= 0.3 is 5.97 Å². The van der Waals surface area contributed by atoms with Crippen LogP contribution in [0, 0.1) is 0 Å². The van der Waals surface area contributed by atoms with Crippen LogP contribution >= 0.6 is 0 Å². The topological polar surface area (TPSA) is 121 Å². The molecule has 2 unspecified atom stereocenters. The molecule has 22 heavy (non-hydrogen) atoms. The Hall–Kier alpha value is -2.51. The molecular weight excluding hydrogens is 292 g/mol. The third-order valence-electron chi connectivity index (χ3n) is 3.13. The lowest BCUT2D eigenvalue weighted by Gasteiger charge is -2.26. The number of unbranched alkanes of at least 4 members (excludes halogenated alkanes) is 1. The van der Waals surface area contributed by atoms with E-state index in [1.165, 1.54) is 6.29 Å². The SMILES string of the molecule is CCCCC(C(=O)NC([C]=O)CC(=O)O)N1C(=O)C=CC1=O. The molecule has 0 aromatic heterocycles. The summed E-state index contributed by atoms with van der Waals surface area (Å²) in [6.07, 6.45) is 4.50. The average molecular weight is 309 g/mol. The highest BCUT2D eigenvalue weighted by Crippen LogP contribution is 2.15. The predicted molar refractivity (Wildman–Crippen MR) is 74.2 cm³/mol. The van der Waals surface area contributed by atoms with Gasteiger partial charge in [0.15, 0.2) is 0 Å². The average Bonchev–Trinajstić information content (AvgIpc) is 2.78. The summed E-state index contributed by atoms with van der Waals surface area (Å²) in [6, 6.07) is -2.39. The highest BCUT2D eigenvalue weighted by atomic mass is 16.4. The number of hydrogen-bond donors (Lipinski definition) is 2. The fourth-order valence-corrected chi connectivity index (χ4v) is 2.06. The predicted octanol–water partition coefficient (Wildman–Crippen LogP) is -0.461. The number of hydrogen-bond acceptors (Lipinski definition) is 5. The summed E-state index contributed by atoms with van der Waals surface area (Å²) < 4.78 is 0. The van der Waals surface area contributed by atoms with E-state index in [0.29, 0.717) is 6.42 Å². The van der Waals surface area contributed by atoms with E-state index in [0.717, 1.165) is 23.5 Å². The fourth-order valence-electron chi connectivity index (χ4n) is 2.06. The molecule has 3 amide bonds. The number of amides is 3. The minimum absolute atomic E-state index is 0.236. The van der Waals surface area contributed by atoms with Gasteiger partial charge in [-0.05, 0) is 6.42 Å². The molecule has 119 valence electrons. The zero-order valence-corrected chi connectivity index (χ0v) is 12.1. The van der Waals surface area contributed by atoms with Gasteiger partial charge in [0, 0.05) is 12.2 Å². The molecule has 8 heteroatoms. The minimum atomic E-state index is -1.32. The summed E-state index contributed by atoms with van der Waals surface area (Å²) >= 11 is 0. The van der Waals surface area contributed by atoms with E-state index >= 15 is 0 Å². The van der Waals surface area contributed by atoms with Crippen LogP contribution < -0.4 is 5.32 Å². The smallest absolute Gasteiger partial charge is 0.305 e. The highest BCUT2D eigenvalue weighted by molar-refractivity contribution is 6.15. The molecule has 2 atom stereocenters. The van der Waals surface area contributed by atoms with Crippen LogP contribution in [0.3, 0.4) is 0 Å². The van der Waals surface area contributed by atoms with E-state index in [9.17, 15) is 24.0 Å². The number of rotatable bonds is 9. The summed E-state index contributed by atoms with van der Waals surface area (Å²) in [5.74, 6) is -3.22. The van der Waals surface area contributed by atoms with Crippen LogP contribution in [0.5, 0.6) is 0 Å². The molecule has 0 saturated heterocycles. The summed E-state index contributed by atoms with van der Waals surface area (Å²) in [5, 5.41) is 10.9. The van der Waals surface area contributed by atoms with Crippen LogP contribution in [0.1, 0.15) is 32.6 Å². The first kappa shape index (κ1) is 17.5. The number of imide groups is 1. The Balaban J connectivity index is 2.84. The van der Waals surface area contributed by atoms with Crippen molar-refractivity contribution in [1.82, 2.24) is 10.2 Å². The van der Waals surface area contributed by atoms with Gasteiger partial charge in [-0.2, -0.15) is 0 Å². The second-order valence-electron chi connectivity index (χ2n) is 4.81. The number of carboxylic acids is 1. The zero-order valence-electron chi connectivity index (χ0n) is 12.1. The van der Waals surface area contributed by atoms with Gasteiger partial charge in [0.05, 0.1) is 6.42 Å². The molecule has 1 aliphatic rings. The van der Waals surface area contributed by atoms with Crippen molar-refractivity contribution >= 4 is 30.0 Å². The summed E-state index contributed by atoms with van der Waals surface area (Å²) in [7, 11) is 0. The quantitative estimate of drug-likeness (QED) is 0.556. The van der Waals surface area contributed by atoms with Crippen LogP contribution in [-0.2, 0) is 24.0 Å². The molecule has 1 aliphatic heterocycles. The van der Waals surface area contributed by atoms with Crippen LogP contribution in [0.15, 0.2) is 12.2 Å². The lowest BCUT2D eigenvalue weighted by atomic mass is 10.1. The lowest BCUT2D eigenvalue weighted by Crippen LogP contribution is -2.52. The first-order chi connectivity index (χ1) is 10.4. The molecule has 0 bridgehead atoms. The first-order valence-electron chi connectivity index (χ1n) is 6.85. The summed E-state index contributed by atoms with van der Waals surface area (Å²) in [6.45, 7) is 1.88. The Morgan fingerprint density at radius 1 is 1.32 bits per heavy atom. The molecule has 0 fully saturated rings. The third-order valence-corrected chi connectivity index (χ3v) is 3.13. The van der Waals surface area contributed by atoms with Gasteiger partial charge in [-0.3, -0.25) is 28.9 Å². The van der Waals surface area contributed by atoms with E-state index in [1.807, 2.05) is 6.92 Å². The summed E-state index contributed by atoms with van der Waals surface area (Å²) in [5.41, 5.74) is 0. The van der Waals surface area contributed by atoms with Crippen LogP contribution in [0.25, 0.3) is 0 Å². The van der Waals surface area contributed by atoms with E-state index in [2.05, 4.69) is 5.32 Å². The van der Waals surface area contributed by atoms with Crippen LogP contribution in [-0.4, -0.2) is 52.1 Å². The van der Waals surface area contributed by atoms with Gasteiger partial charge < -0.3 is 10.4 Å². The van der Waals surface area contributed by atoms with Crippen LogP contribution in [0.2, 0.25) is 0 Å².